The minimum absolute atomic E-state index is 0.225. The largest absolute Gasteiger partial charge is 0.486 e. The maximum absolute atomic E-state index is 12.7. The van der Waals surface area contributed by atoms with Gasteiger partial charge in [0.1, 0.15) is 18.1 Å². The van der Waals surface area contributed by atoms with Gasteiger partial charge in [-0.15, -0.1) is 16.8 Å². The predicted molar refractivity (Wildman–Crippen MR) is 137 cm³/mol. The number of aryl methyl sites for hydroxylation is 1. The Morgan fingerprint density at radius 2 is 1.78 bits per heavy atom. The first-order valence-electron chi connectivity index (χ1n) is 11.9. The maximum atomic E-state index is 12.7. The van der Waals surface area contributed by atoms with Crippen LogP contribution in [0.25, 0.3) is 0 Å². The first-order valence-corrected chi connectivity index (χ1v) is 12.8. The summed E-state index contributed by atoms with van der Waals surface area (Å²) >= 11 is 1.38. The lowest BCUT2D eigenvalue weighted by Gasteiger charge is -2.10. The number of allylic oxidation sites excluding steroid dienone is 1. The Morgan fingerprint density at radius 3 is 2.42 bits per heavy atom. The van der Waals surface area contributed by atoms with Gasteiger partial charge in [-0.3, -0.25) is 4.57 Å². The van der Waals surface area contributed by atoms with Crippen LogP contribution in [0, 0.1) is 6.92 Å². The van der Waals surface area contributed by atoms with Crippen LogP contribution in [0.3, 0.4) is 0 Å². The standard InChI is InChI=1S/C26H32N4O5S/c1-6-14-30-21(15-35-19-12-10-18(7-2)11-13-19)28-29-26(30)36-16-20-22(24(31)33-8-3)17(5)23(27-20)25(32)34-9-4/h6,10-13,27H,1,7-9,14-16H2,2-5H3. The van der Waals surface area contributed by atoms with Gasteiger partial charge in [-0.05, 0) is 50.5 Å². The Morgan fingerprint density at radius 1 is 1.08 bits per heavy atom. The van der Waals surface area contributed by atoms with Crippen LogP contribution in [0.5, 0.6) is 5.75 Å². The van der Waals surface area contributed by atoms with Crippen molar-refractivity contribution >= 4 is 23.7 Å². The van der Waals surface area contributed by atoms with Crippen molar-refractivity contribution in [3.05, 3.63) is 70.8 Å². The maximum Gasteiger partial charge on any atom is 0.355 e. The number of carbonyl (C=O) groups excluding carboxylic acids is 2. The van der Waals surface area contributed by atoms with Crippen molar-refractivity contribution in [2.24, 2.45) is 0 Å². The van der Waals surface area contributed by atoms with Gasteiger partial charge in [0.15, 0.2) is 11.0 Å². The second kappa shape index (κ2) is 13.0. The Kier molecular flexibility index (Phi) is 9.75. The second-order valence-corrected chi connectivity index (χ2v) is 8.73. The molecular formula is C26H32N4O5S. The molecule has 2 heterocycles. The van der Waals surface area contributed by atoms with Crippen LogP contribution in [0.4, 0.5) is 0 Å². The van der Waals surface area contributed by atoms with E-state index in [0.717, 1.165) is 12.2 Å². The van der Waals surface area contributed by atoms with Gasteiger partial charge in [0.2, 0.25) is 0 Å². The molecule has 0 aliphatic rings. The van der Waals surface area contributed by atoms with Gasteiger partial charge in [-0.25, -0.2) is 9.59 Å². The number of ether oxygens (including phenoxy) is 3. The van der Waals surface area contributed by atoms with Crippen LogP contribution in [-0.4, -0.2) is 44.9 Å². The van der Waals surface area contributed by atoms with Crippen LogP contribution in [0.1, 0.15) is 64.3 Å². The average molecular weight is 513 g/mol. The Hall–Kier alpha value is -3.53. The number of thioether (sulfide) groups is 1. The highest BCUT2D eigenvalue weighted by molar-refractivity contribution is 7.98. The number of aromatic amines is 1. The van der Waals surface area contributed by atoms with Gasteiger partial charge in [0, 0.05) is 18.0 Å². The molecule has 0 amide bonds. The molecule has 0 fully saturated rings. The number of nitrogens with one attached hydrogen (secondary N) is 1. The van der Waals surface area contributed by atoms with E-state index in [1.807, 2.05) is 28.8 Å². The molecule has 0 aliphatic heterocycles. The van der Waals surface area contributed by atoms with E-state index in [9.17, 15) is 9.59 Å². The van der Waals surface area contributed by atoms with E-state index in [1.165, 1.54) is 17.3 Å². The van der Waals surface area contributed by atoms with Gasteiger partial charge >= 0.3 is 11.9 Å². The van der Waals surface area contributed by atoms with E-state index < -0.39 is 11.9 Å². The Labute approximate surface area is 215 Å². The highest BCUT2D eigenvalue weighted by atomic mass is 32.2. The third kappa shape index (κ3) is 6.37. The van der Waals surface area contributed by atoms with Gasteiger partial charge < -0.3 is 19.2 Å². The summed E-state index contributed by atoms with van der Waals surface area (Å²) in [4.78, 5) is 28.1. The minimum Gasteiger partial charge on any atom is -0.486 e. The van der Waals surface area contributed by atoms with Gasteiger partial charge in [-0.1, -0.05) is 36.9 Å². The van der Waals surface area contributed by atoms with E-state index in [1.54, 1.807) is 26.8 Å². The molecule has 0 saturated heterocycles. The molecule has 192 valence electrons. The number of esters is 2. The van der Waals surface area contributed by atoms with Crippen molar-refractivity contribution in [3.8, 4) is 5.75 Å². The van der Waals surface area contributed by atoms with Gasteiger partial charge in [0.25, 0.3) is 0 Å². The van der Waals surface area contributed by atoms with Crippen LogP contribution in [-0.2, 0) is 34.8 Å². The molecule has 0 unspecified atom stereocenters. The van der Waals surface area contributed by atoms with Gasteiger partial charge in [0.05, 0.1) is 18.8 Å². The fourth-order valence-corrected chi connectivity index (χ4v) is 4.53. The fourth-order valence-electron chi connectivity index (χ4n) is 3.60. The van der Waals surface area contributed by atoms with E-state index in [4.69, 9.17) is 14.2 Å². The highest BCUT2D eigenvalue weighted by Gasteiger charge is 2.26. The van der Waals surface area contributed by atoms with E-state index in [2.05, 4.69) is 28.7 Å². The first kappa shape index (κ1) is 27.1. The summed E-state index contributed by atoms with van der Waals surface area (Å²) < 4.78 is 18.2. The average Bonchev–Trinajstić information content (AvgIpc) is 3.42. The first-order chi connectivity index (χ1) is 17.4. The molecule has 1 N–H and O–H groups in total. The monoisotopic (exact) mass is 512 g/mol. The summed E-state index contributed by atoms with van der Waals surface area (Å²) in [6, 6.07) is 7.95. The van der Waals surface area contributed by atoms with Crippen molar-refractivity contribution in [2.45, 2.75) is 58.2 Å². The van der Waals surface area contributed by atoms with E-state index in [0.29, 0.717) is 40.1 Å². The Balaban J connectivity index is 1.80. The van der Waals surface area contributed by atoms with Gasteiger partial charge in [-0.2, -0.15) is 0 Å². The summed E-state index contributed by atoms with van der Waals surface area (Å²) in [5.74, 6) is 0.730. The molecule has 0 saturated carbocycles. The quantitative estimate of drug-likeness (QED) is 0.196. The van der Waals surface area contributed by atoms with Crippen LogP contribution in [0.2, 0.25) is 0 Å². The summed E-state index contributed by atoms with van der Waals surface area (Å²) in [5, 5.41) is 9.26. The van der Waals surface area contributed by atoms with Crippen molar-refractivity contribution in [2.75, 3.05) is 13.2 Å². The van der Waals surface area contributed by atoms with E-state index in [-0.39, 0.29) is 25.5 Å². The molecule has 3 aromatic rings. The third-order valence-electron chi connectivity index (χ3n) is 5.44. The number of hydrogen-bond acceptors (Lipinski definition) is 8. The zero-order chi connectivity index (χ0) is 26.1. The second-order valence-electron chi connectivity index (χ2n) is 7.79. The number of hydrogen-bond donors (Lipinski definition) is 1. The number of aromatic nitrogens is 4. The molecule has 9 nitrogen and oxygen atoms in total. The molecule has 10 heteroatoms. The number of H-pyrrole nitrogens is 1. The molecule has 2 aromatic heterocycles. The predicted octanol–water partition coefficient (Wildman–Crippen LogP) is 4.89. The number of rotatable bonds is 13. The molecule has 3 rings (SSSR count). The Bertz CT molecular complexity index is 1200. The summed E-state index contributed by atoms with van der Waals surface area (Å²) in [7, 11) is 0. The molecule has 36 heavy (non-hydrogen) atoms. The van der Waals surface area contributed by atoms with Crippen LogP contribution < -0.4 is 4.74 Å². The zero-order valence-corrected chi connectivity index (χ0v) is 21.9. The van der Waals surface area contributed by atoms with Crippen LogP contribution >= 0.6 is 11.8 Å². The van der Waals surface area contributed by atoms with Crippen molar-refractivity contribution in [1.82, 2.24) is 19.7 Å². The minimum atomic E-state index is -0.516. The summed E-state index contributed by atoms with van der Waals surface area (Å²) in [5.41, 5.74) is 2.87. The molecular weight excluding hydrogens is 480 g/mol. The number of benzene rings is 1. The molecule has 0 spiro atoms. The highest BCUT2D eigenvalue weighted by Crippen LogP contribution is 2.28. The topological polar surface area (TPSA) is 108 Å². The molecule has 0 aliphatic carbocycles. The van der Waals surface area contributed by atoms with Crippen molar-refractivity contribution in [3.63, 3.8) is 0 Å². The number of carbonyl (C=O) groups is 2. The van der Waals surface area contributed by atoms with Crippen molar-refractivity contribution < 1.29 is 23.8 Å². The smallest absolute Gasteiger partial charge is 0.355 e. The van der Waals surface area contributed by atoms with E-state index >= 15 is 0 Å². The third-order valence-corrected chi connectivity index (χ3v) is 6.43. The molecule has 0 radical (unpaired) electrons. The van der Waals surface area contributed by atoms with Crippen molar-refractivity contribution in [1.29, 1.82) is 0 Å². The summed E-state index contributed by atoms with van der Waals surface area (Å²) in [6.45, 7) is 12.3. The SMILES string of the molecule is C=CCn1c(COc2ccc(CC)cc2)nnc1SCc1[nH]c(C(=O)OCC)c(C)c1C(=O)OCC. The lowest BCUT2D eigenvalue weighted by atomic mass is 10.1. The van der Waals surface area contributed by atoms with Crippen LogP contribution in [0.15, 0.2) is 42.1 Å². The molecule has 1 aromatic carbocycles. The molecule has 0 atom stereocenters. The normalized spacial score (nSPS) is 10.8. The molecule has 0 bridgehead atoms. The zero-order valence-electron chi connectivity index (χ0n) is 21.1. The lowest BCUT2D eigenvalue weighted by Crippen LogP contribution is -2.09. The summed E-state index contributed by atoms with van der Waals surface area (Å²) in [6.07, 6.45) is 2.72. The number of nitrogens with zero attached hydrogens (tertiary/aromatic N) is 3. The fraction of sp³-hybridized carbons (Fsp3) is 0.385. The lowest BCUT2D eigenvalue weighted by molar-refractivity contribution is 0.0518.